The molecule has 0 N–H and O–H groups in total. The fourth-order valence-electron chi connectivity index (χ4n) is 13.0. The summed E-state index contributed by atoms with van der Waals surface area (Å²) in [5.74, 6) is 3.34. The Kier molecular flexibility index (Phi) is 6.72. The van der Waals surface area contributed by atoms with Gasteiger partial charge in [0.2, 0.25) is 0 Å². The van der Waals surface area contributed by atoms with Gasteiger partial charge in [0.15, 0.2) is 0 Å². The van der Waals surface area contributed by atoms with Crippen molar-refractivity contribution in [3.8, 4) is 11.1 Å². The maximum absolute atomic E-state index is 8.22. The molecule has 58 heavy (non-hydrogen) atoms. The summed E-state index contributed by atoms with van der Waals surface area (Å²) in [6.07, 6.45) is 7.04. The van der Waals surface area contributed by atoms with E-state index >= 15 is 0 Å². The van der Waals surface area contributed by atoms with Gasteiger partial charge in [-0.3, -0.25) is 0 Å². The fourth-order valence-corrected chi connectivity index (χ4v) is 13.0. The van der Waals surface area contributed by atoms with Crippen LogP contribution in [0.5, 0.6) is 0 Å². The van der Waals surface area contributed by atoms with Crippen LogP contribution in [0.15, 0.2) is 182 Å². The van der Waals surface area contributed by atoms with Gasteiger partial charge >= 0.3 is 0 Å². The third-order valence-electron chi connectivity index (χ3n) is 14.9. The van der Waals surface area contributed by atoms with E-state index in [-0.39, 0.29) is 5.41 Å². The molecule has 2 nitrogen and oxygen atoms in total. The fraction of sp³-hybridized carbons (Fsp3) is 0.179. The van der Waals surface area contributed by atoms with Gasteiger partial charge in [0, 0.05) is 38.9 Å². The molecular weight excluding hydrogens is 701 g/mol. The lowest BCUT2D eigenvalue weighted by Gasteiger charge is -2.61. The molecule has 0 radical (unpaired) electrons. The molecule has 0 heterocycles. The van der Waals surface area contributed by atoms with E-state index < -0.39 is 0 Å². The number of nitrogens with zero attached hydrogens (tertiary/aromatic N) is 2. The maximum Gasteiger partial charge on any atom is 0.0623 e. The molecule has 0 amide bonds. The monoisotopic (exact) mass is 745 g/mol. The largest absolute Gasteiger partial charge is 0.310 e. The van der Waals surface area contributed by atoms with E-state index in [2.05, 4.69) is 174 Å². The van der Waals surface area contributed by atoms with Crippen molar-refractivity contribution in [3.63, 3.8) is 0 Å². The zero-order valence-electron chi connectivity index (χ0n) is 33.5. The summed E-state index contributed by atoms with van der Waals surface area (Å²) in [4.78, 5) is 4.84. The van der Waals surface area contributed by atoms with Crippen LogP contribution in [0.4, 0.5) is 34.1 Å². The Morgan fingerprint density at radius 3 is 1.48 bits per heavy atom. The quantitative estimate of drug-likeness (QED) is 0.156. The number of benzene rings is 9. The van der Waals surface area contributed by atoms with Crippen LogP contribution in [0.25, 0.3) is 43.4 Å². The van der Waals surface area contributed by atoms with E-state index in [0.717, 1.165) is 46.4 Å². The highest BCUT2D eigenvalue weighted by Gasteiger charge is 2.61. The van der Waals surface area contributed by atoms with Gasteiger partial charge in [-0.05, 0) is 160 Å². The van der Waals surface area contributed by atoms with Crippen molar-refractivity contribution < 1.29 is 1.37 Å². The molecule has 0 atom stereocenters. The third-order valence-corrected chi connectivity index (χ3v) is 14.9. The smallest absolute Gasteiger partial charge is 0.0623 e. The molecule has 9 aromatic rings. The lowest BCUT2D eigenvalue weighted by Crippen LogP contribution is -2.55. The van der Waals surface area contributed by atoms with E-state index in [9.17, 15) is 0 Å². The Morgan fingerprint density at radius 2 is 0.897 bits per heavy atom. The molecular formula is C56H44N2. The van der Waals surface area contributed by atoms with Crippen molar-refractivity contribution >= 4 is 66.4 Å². The normalized spacial score (nSPS) is 22.8. The molecule has 4 fully saturated rings. The highest BCUT2D eigenvalue weighted by Crippen LogP contribution is 2.69. The van der Waals surface area contributed by atoms with Crippen LogP contribution in [0.2, 0.25) is 0 Å². The van der Waals surface area contributed by atoms with Crippen LogP contribution >= 0.6 is 0 Å². The zero-order chi connectivity index (χ0) is 38.8. The summed E-state index contributed by atoms with van der Waals surface area (Å²) in [5, 5.41) is 7.48. The van der Waals surface area contributed by atoms with Crippen LogP contribution in [0.3, 0.4) is 0 Å². The number of rotatable bonds is 6. The lowest BCUT2D eigenvalue weighted by molar-refractivity contribution is -0.0399. The molecule has 4 bridgehead atoms. The minimum absolute atomic E-state index is 0.150. The molecule has 2 heteroatoms. The number of hydrogen-bond donors (Lipinski definition) is 0. The first-order chi connectivity index (χ1) is 29.1. The second-order valence-electron chi connectivity index (χ2n) is 17.6. The summed E-state index contributed by atoms with van der Waals surface area (Å²) in [5.41, 5.74) is 13.0. The van der Waals surface area contributed by atoms with Gasteiger partial charge in [0.1, 0.15) is 0 Å². The molecule has 14 rings (SSSR count). The predicted molar refractivity (Wildman–Crippen MR) is 243 cm³/mol. The van der Waals surface area contributed by atoms with E-state index in [1.54, 1.807) is 11.1 Å². The minimum Gasteiger partial charge on any atom is -0.310 e. The third kappa shape index (κ3) is 4.49. The number of fused-ring (bicyclic) bond motifs is 3. The summed E-state index contributed by atoms with van der Waals surface area (Å²) in [6.45, 7) is 0. The van der Waals surface area contributed by atoms with E-state index in [4.69, 9.17) is 1.37 Å². The van der Waals surface area contributed by atoms with Crippen molar-refractivity contribution in [3.05, 3.63) is 193 Å². The van der Waals surface area contributed by atoms with Gasteiger partial charge in [-0.1, -0.05) is 121 Å². The predicted octanol–water partition coefficient (Wildman–Crippen LogP) is 15.2. The molecule has 5 aliphatic carbocycles. The van der Waals surface area contributed by atoms with Crippen LogP contribution in [-0.4, -0.2) is 0 Å². The SMILES string of the molecule is [2H]c1ccc(N(c2ccccc2)c2ccc3ccc4c(N(c5ccccc5)c5ccc6c(c5)-c5ccccc5C65C6CC7CC(C6)CC5C7)ccc5ccc2c3c54)cc1. The summed E-state index contributed by atoms with van der Waals surface area (Å²) < 4.78 is 8.22. The van der Waals surface area contributed by atoms with Crippen molar-refractivity contribution in [2.75, 3.05) is 9.80 Å². The van der Waals surface area contributed by atoms with Crippen LogP contribution in [0, 0.1) is 23.7 Å². The second-order valence-corrected chi connectivity index (χ2v) is 17.6. The highest BCUT2D eigenvalue weighted by atomic mass is 15.1. The number of para-hydroxylation sites is 3. The van der Waals surface area contributed by atoms with Crippen molar-refractivity contribution in [2.24, 2.45) is 23.7 Å². The maximum atomic E-state index is 8.22. The van der Waals surface area contributed by atoms with Crippen LogP contribution < -0.4 is 9.80 Å². The Balaban J connectivity index is 1.02. The van der Waals surface area contributed by atoms with Gasteiger partial charge in [-0.25, -0.2) is 0 Å². The van der Waals surface area contributed by atoms with Crippen LogP contribution in [0.1, 0.15) is 44.6 Å². The summed E-state index contributed by atoms with van der Waals surface area (Å²) in [7, 11) is 0. The first-order valence-electron chi connectivity index (χ1n) is 21.9. The van der Waals surface area contributed by atoms with Crippen molar-refractivity contribution in [2.45, 2.75) is 37.5 Å². The molecule has 0 aliphatic heterocycles. The highest BCUT2D eigenvalue weighted by molar-refractivity contribution is 6.28. The van der Waals surface area contributed by atoms with E-state index in [1.807, 2.05) is 12.1 Å². The molecule has 4 saturated carbocycles. The Labute approximate surface area is 341 Å². The van der Waals surface area contributed by atoms with Gasteiger partial charge in [0.25, 0.3) is 0 Å². The minimum atomic E-state index is 0.150. The molecule has 0 saturated heterocycles. The van der Waals surface area contributed by atoms with Crippen LogP contribution in [-0.2, 0) is 5.41 Å². The average Bonchev–Trinajstić information content (AvgIpc) is 3.57. The summed E-state index contributed by atoms with van der Waals surface area (Å²) >= 11 is 0. The molecule has 278 valence electrons. The van der Waals surface area contributed by atoms with Crippen molar-refractivity contribution in [1.29, 1.82) is 0 Å². The Morgan fingerprint density at radius 1 is 0.414 bits per heavy atom. The number of anilines is 6. The molecule has 9 aromatic carbocycles. The average molecular weight is 746 g/mol. The lowest BCUT2D eigenvalue weighted by atomic mass is 9.43. The molecule has 0 unspecified atom stereocenters. The second kappa shape index (κ2) is 12.3. The molecule has 1 spiro atoms. The summed E-state index contributed by atoms with van der Waals surface area (Å²) in [6, 6.07) is 65.5. The Hall–Kier alpha value is -6.38. The van der Waals surface area contributed by atoms with Gasteiger partial charge < -0.3 is 9.80 Å². The van der Waals surface area contributed by atoms with Crippen molar-refractivity contribution in [1.82, 2.24) is 0 Å². The topological polar surface area (TPSA) is 6.48 Å². The molecule has 0 aromatic heterocycles. The first kappa shape index (κ1) is 31.7. The van der Waals surface area contributed by atoms with E-state index in [1.165, 1.54) is 86.9 Å². The molecule has 5 aliphatic rings. The van der Waals surface area contributed by atoms with Gasteiger partial charge in [-0.15, -0.1) is 0 Å². The van der Waals surface area contributed by atoms with E-state index in [0.29, 0.717) is 6.04 Å². The Bertz CT molecular complexity index is 3050. The first-order valence-corrected chi connectivity index (χ1v) is 21.4. The number of hydrogen-bond acceptors (Lipinski definition) is 2. The van der Waals surface area contributed by atoms with Gasteiger partial charge in [0.05, 0.1) is 12.7 Å². The zero-order valence-corrected chi connectivity index (χ0v) is 32.5. The standard InChI is InChI=1S/C56H44N2/c1-4-12-42(13-5-1)57(43-14-6-2-7-15-43)52-28-22-38-21-26-48-53(29-23-39-20-25-47(52)54(38)55(39)48)58(44-16-8-3-9-17-44)45-24-27-51-49(35-45)46-18-10-11-19-50(46)56(51)40-31-36-30-37(33-40)34-41(56)32-36/h1-29,35-37,40-41H,30-34H2/i1D. The van der Waals surface area contributed by atoms with Gasteiger partial charge in [-0.2, -0.15) is 0 Å².